The minimum Gasteiger partial charge on any atom is -0.548 e. The van der Waals surface area contributed by atoms with Crippen LogP contribution in [0.5, 0.6) is 5.75 Å². The molecule has 1 aromatic carbocycles. The number of carboxylic acids is 1. The summed E-state index contributed by atoms with van der Waals surface area (Å²) >= 11 is 0. The number of carboxylic acid groups (broad SMARTS) is 1. The molecule has 3 atom stereocenters. The van der Waals surface area contributed by atoms with Crippen LogP contribution >= 0.6 is 0 Å². The summed E-state index contributed by atoms with van der Waals surface area (Å²) < 4.78 is 11.1. The Balaban J connectivity index is 1.78. The third kappa shape index (κ3) is 4.44. The second kappa shape index (κ2) is 8.68. The van der Waals surface area contributed by atoms with Crippen molar-refractivity contribution in [1.29, 1.82) is 0 Å². The molecule has 0 spiro atoms. The van der Waals surface area contributed by atoms with Crippen LogP contribution in [0.4, 0.5) is 0 Å². The number of rotatable bonds is 7. The van der Waals surface area contributed by atoms with E-state index in [9.17, 15) is 19.5 Å². The molecule has 1 aromatic heterocycles. The number of fused-ring (bicyclic) bond motifs is 3. The zero-order valence-corrected chi connectivity index (χ0v) is 16.9. The van der Waals surface area contributed by atoms with E-state index < -0.39 is 24.0 Å². The molecule has 0 saturated carbocycles. The average Bonchev–Trinajstić information content (AvgIpc) is 2.71. The number of benzene rings is 1. The van der Waals surface area contributed by atoms with Gasteiger partial charge in [0.2, 0.25) is 0 Å². The first kappa shape index (κ1) is 20.9. The number of carbonyl (C=O) groups excluding carboxylic acids is 2. The van der Waals surface area contributed by atoms with Crippen molar-refractivity contribution in [1.82, 2.24) is 5.32 Å². The highest BCUT2D eigenvalue weighted by molar-refractivity contribution is 5.86. The maximum atomic E-state index is 12.4. The molecular formula is C22H26NO6-. The largest absolute Gasteiger partial charge is 0.548 e. The summed E-state index contributed by atoms with van der Waals surface area (Å²) in [6, 6.07) is 4.08. The van der Waals surface area contributed by atoms with Gasteiger partial charge in [0.15, 0.2) is 6.10 Å². The van der Waals surface area contributed by atoms with Crippen molar-refractivity contribution in [2.75, 3.05) is 0 Å². The van der Waals surface area contributed by atoms with Crippen LogP contribution in [-0.4, -0.2) is 24.0 Å². The van der Waals surface area contributed by atoms with E-state index in [1.807, 2.05) is 13.0 Å². The zero-order chi connectivity index (χ0) is 21.1. The molecule has 1 heterocycles. The Hall–Kier alpha value is -2.83. The minimum atomic E-state index is -1.32. The first-order chi connectivity index (χ1) is 13.8. The van der Waals surface area contributed by atoms with E-state index in [0.29, 0.717) is 17.8 Å². The maximum absolute atomic E-state index is 12.4. The van der Waals surface area contributed by atoms with E-state index in [0.717, 1.165) is 42.2 Å². The number of aliphatic carboxylic acids is 1. The second-order valence-corrected chi connectivity index (χ2v) is 7.66. The number of nitrogens with one attached hydrogen (secondary N) is 1. The first-order valence-corrected chi connectivity index (χ1v) is 10.1. The van der Waals surface area contributed by atoms with Crippen LogP contribution in [0, 0.1) is 5.92 Å². The average molecular weight is 400 g/mol. The van der Waals surface area contributed by atoms with Crippen molar-refractivity contribution in [2.45, 2.75) is 65.0 Å². The summed E-state index contributed by atoms with van der Waals surface area (Å²) in [4.78, 5) is 36.0. The molecule has 0 fully saturated rings. The normalized spacial score (nSPS) is 16.5. The molecule has 1 amide bonds. The highest BCUT2D eigenvalue weighted by Gasteiger charge is 2.24. The molecule has 29 heavy (non-hydrogen) atoms. The van der Waals surface area contributed by atoms with Gasteiger partial charge in [0.25, 0.3) is 5.91 Å². The lowest BCUT2D eigenvalue weighted by Gasteiger charge is -2.26. The summed E-state index contributed by atoms with van der Waals surface area (Å²) in [5.41, 5.74) is 1.89. The maximum Gasteiger partial charge on any atom is 0.339 e. The van der Waals surface area contributed by atoms with E-state index in [2.05, 4.69) is 5.32 Å². The smallest absolute Gasteiger partial charge is 0.339 e. The molecular weight excluding hydrogens is 374 g/mol. The summed E-state index contributed by atoms with van der Waals surface area (Å²) in [6.07, 6.45) is 3.26. The standard InChI is InChI=1S/C22H27NO6/c1-4-12(2)19(21(25)26)23-20(24)13(3)28-14-9-10-16-15-7-5-6-8-17(15)22(27)29-18(16)11-14/h9-13,19H,4-8H2,1-3H3,(H,23,24)(H,25,26)/p-1/t12-,13-,19-/m0/s1. The van der Waals surface area contributed by atoms with Crippen LogP contribution in [0.15, 0.2) is 27.4 Å². The van der Waals surface area contributed by atoms with Gasteiger partial charge >= 0.3 is 5.63 Å². The van der Waals surface area contributed by atoms with E-state index in [-0.39, 0.29) is 11.5 Å². The van der Waals surface area contributed by atoms with Gasteiger partial charge in [-0.25, -0.2) is 4.79 Å². The van der Waals surface area contributed by atoms with Crippen LogP contribution in [0.3, 0.4) is 0 Å². The van der Waals surface area contributed by atoms with Crippen LogP contribution in [-0.2, 0) is 22.4 Å². The summed E-state index contributed by atoms with van der Waals surface area (Å²) in [5.74, 6) is -1.77. The molecule has 0 unspecified atom stereocenters. The Kier molecular flexibility index (Phi) is 6.25. The molecule has 7 nitrogen and oxygen atoms in total. The van der Waals surface area contributed by atoms with E-state index >= 15 is 0 Å². The molecule has 1 aliphatic rings. The van der Waals surface area contributed by atoms with Gasteiger partial charge in [0, 0.05) is 17.0 Å². The van der Waals surface area contributed by atoms with E-state index in [1.54, 1.807) is 19.1 Å². The molecule has 156 valence electrons. The topological polar surface area (TPSA) is 109 Å². The Morgan fingerprint density at radius 2 is 1.90 bits per heavy atom. The molecule has 2 aromatic rings. The van der Waals surface area contributed by atoms with Gasteiger partial charge in [-0.15, -0.1) is 0 Å². The van der Waals surface area contributed by atoms with Crippen molar-refractivity contribution in [3.63, 3.8) is 0 Å². The zero-order valence-electron chi connectivity index (χ0n) is 16.9. The van der Waals surface area contributed by atoms with Crippen LogP contribution in [0.2, 0.25) is 0 Å². The van der Waals surface area contributed by atoms with Gasteiger partial charge in [0.05, 0.1) is 12.0 Å². The third-order valence-electron chi connectivity index (χ3n) is 5.64. The Morgan fingerprint density at radius 1 is 1.21 bits per heavy atom. The molecule has 0 bridgehead atoms. The molecule has 0 radical (unpaired) electrons. The Labute approximate surface area is 169 Å². The van der Waals surface area contributed by atoms with Gasteiger partial charge in [0.1, 0.15) is 11.3 Å². The van der Waals surface area contributed by atoms with E-state index in [4.69, 9.17) is 9.15 Å². The third-order valence-corrected chi connectivity index (χ3v) is 5.64. The van der Waals surface area contributed by atoms with Gasteiger partial charge in [-0.1, -0.05) is 20.3 Å². The number of hydrogen-bond acceptors (Lipinski definition) is 6. The lowest BCUT2D eigenvalue weighted by Crippen LogP contribution is -2.54. The highest BCUT2D eigenvalue weighted by atomic mass is 16.5. The minimum absolute atomic E-state index is 0.266. The molecule has 0 aliphatic heterocycles. The Bertz CT molecular complexity index is 979. The predicted octanol–water partition coefficient (Wildman–Crippen LogP) is 1.72. The van der Waals surface area contributed by atoms with Crippen LogP contribution in [0.1, 0.15) is 51.2 Å². The fourth-order valence-corrected chi connectivity index (χ4v) is 3.70. The van der Waals surface area contributed by atoms with Crippen LogP contribution < -0.4 is 20.8 Å². The Morgan fingerprint density at radius 3 is 2.55 bits per heavy atom. The second-order valence-electron chi connectivity index (χ2n) is 7.66. The van der Waals surface area contributed by atoms with E-state index in [1.165, 1.54) is 6.92 Å². The van der Waals surface area contributed by atoms with Crippen molar-refractivity contribution in [3.05, 3.63) is 39.7 Å². The first-order valence-electron chi connectivity index (χ1n) is 10.1. The quantitative estimate of drug-likeness (QED) is 0.709. The fraction of sp³-hybridized carbons (Fsp3) is 0.500. The number of ether oxygens (including phenoxy) is 1. The van der Waals surface area contributed by atoms with Gasteiger partial charge in [-0.3, -0.25) is 4.79 Å². The molecule has 3 rings (SSSR count). The van der Waals surface area contributed by atoms with Gasteiger partial charge in [-0.2, -0.15) is 0 Å². The lowest BCUT2D eigenvalue weighted by atomic mass is 9.91. The summed E-state index contributed by atoms with van der Waals surface area (Å²) in [5, 5.41) is 14.7. The summed E-state index contributed by atoms with van der Waals surface area (Å²) in [7, 11) is 0. The fourth-order valence-electron chi connectivity index (χ4n) is 3.70. The number of aryl methyl sites for hydroxylation is 1. The highest BCUT2D eigenvalue weighted by Crippen LogP contribution is 2.29. The number of hydrogen-bond donors (Lipinski definition) is 1. The monoisotopic (exact) mass is 400 g/mol. The van der Waals surface area contributed by atoms with Crippen molar-refractivity contribution < 1.29 is 23.8 Å². The molecule has 1 N–H and O–H groups in total. The summed E-state index contributed by atoms with van der Waals surface area (Å²) in [6.45, 7) is 5.11. The molecule has 7 heteroatoms. The lowest BCUT2D eigenvalue weighted by molar-refractivity contribution is -0.309. The van der Waals surface area contributed by atoms with Crippen molar-refractivity contribution >= 4 is 22.8 Å². The number of amides is 1. The number of carbonyl (C=O) groups is 2. The van der Waals surface area contributed by atoms with Crippen LogP contribution in [0.25, 0.3) is 11.0 Å². The van der Waals surface area contributed by atoms with Gasteiger partial charge < -0.3 is 24.4 Å². The SMILES string of the molecule is CC[C@H](C)[C@H](NC(=O)[C@H](C)Oc1ccc2c3c(c(=O)oc2c1)CCCC3)C(=O)[O-]. The van der Waals surface area contributed by atoms with Crippen molar-refractivity contribution in [3.8, 4) is 5.75 Å². The predicted molar refractivity (Wildman–Crippen MR) is 106 cm³/mol. The molecule has 0 saturated heterocycles. The van der Waals surface area contributed by atoms with Crippen molar-refractivity contribution in [2.24, 2.45) is 5.92 Å². The molecule has 1 aliphatic carbocycles. The van der Waals surface area contributed by atoms with Gasteiger partial charge in [-0.05, 0) is 56.2 Å².